The largest absolute Gasteiger partial charge is 0.465 e. The SMILES string of the molecule is COC(=O)N[C@@H](C)C(=O)N1[C@H](c2ncc(-c3ccc(-c4ccc(-c5cnc([C@@H]6C[C@@H]7C[C@@H]7N6C(=O)[C@H](C)N(C)C(=O)O)[nH]5)cc4)cc3)[nH]2)C[C@@H]2C[C@@H]21. The number of ether oxygens (including phenoxy) is 1. The van der Waals surface area contributed by atoms with Gasteiger partial charge in [0.1, 0.15) is 23.7 Å². The second kappa shape index (κ2) is 12.8. The minimum absolute atomic E-state index is 0.136. The first-order valence-corrected chi connectivity index (χ1v) is 17.8. The molecule has 4 aliphatic rings. The highest BCUT2D eigenvalue weighted by molar-refractivity contribution is 5.87. The minimum Gasteiger partial charge on any atom is -0.465 e. The van der Waals surface area contributed by atoms with Gasteiger partial charge in [-0.3, -0.25) is 14.5 Å². The van der Waals surface area contributed by atoms with Gasteiger partial charge in [-0.2, -0.15) is 0 Å². The Bertz CT molecular complexity index is 2020. The minimum atomic E-state index is -1.13. The molecule has 0 radical (unpaired) electrons. The number of benzene rings is 2. The molecule has 4 aromatic rings. The number of likely N-dealkylation sites (N-methyl/N-ethyl adjacent to an activating group) is 1. The summed E-state index contributed by atoms with van der Waals surface area (Å²) in [5.41, 5.74) is 5.77. The molecule has 4 N–H and O–H groups in total. The van der Waals surface area contributed by atoms with Gasteiger partial charge in [0.15, 0.2) is 0 Å². The lowest BCUT2D eigenvalue weighted by atomic mass is 10.0. The van der Waals surface area contributed by atoms with Gasteiger partial charge in [-0.05, 0) is 73.6 Å². The number of carboxylic acid groups (broad SMARTS) is 1. The Morgan fingerprint density at radius 2 is 1.21 bits per heavy atom. The number of likely N-dealkylation sites (tertiary alicyclic amines) is 2. The van der Waals surface area contributed by atoms with Gasteiger partial charge < -0.3 is 34.9 Å². The van der Waals surface area contributed by atoms with Gasteiger partial charge in [0.05, 0.1) is 43.0 Å². The van der Waals surface area contributed by atoms with Crippen molar-refractivity contribution in [1.82, 2.24) is 40.0 Å². The van der Waals surface area contributed by atoms with Crippen LogP contribution in [0.25, 0.3) is 33.6 Å². The molecule has 270 valence electrons. The van der Waals surface area contributed by atoms with Gasteiger partial charge in [0.25, 0.3) is 0 Å². The Balaban J connectivity index is 0.927. The third-order valence-corrected chi connectivity index (χ3v) is 11.4. The zero-order valence-corrected chi connectivity index (χ0v) is 29.4. The van der Waals surface area contributed by atoms with Crippen molar-refractivity contribution in [2.24, 2.45) is 11.8 Å². The first-order chi connectivity index (χ1) is 25.0. The molecule has 4 heterocycles. The molecule has 14 heteroatoms. The van der Waals surface area contributed by atoms with Gasteiger partial charge in [-0.15, -0.1) is 0 Å². The number of nitrogens with zero attached hydrogens (tertiary/aromatic N) is 5. The van der Waals surface area contributed by atoms with E-state index in [1.165, 1.54) is 14.2 Å². The number of carbonyl (C=O) groups is 4. The number of imidazole rings is 2. The third-order valence-electron chi connectivity index (χ3n) is 11.4. The van der Waals surface area contributed by atoms with E-state index in [1.54, 1.807) is 26.2 Å². The molecule has 4 amide bonds. The number of hydrogen-bond donors (Lipinski definition) is 4. The Hall–Kier alpha value is -5.66. The summed E-state index contributed by atoms with van der Waals surface area (Å²) in [5.74, 6) is 2.02. The number of fused-ring (bicyclic) bond motifs is 2. The van der Waals surface area contributed by atoms with Gasteiger partial charge in [0.2, 0.25) is 11.8 Å². The topological polar surface area (TPSA) is 177 Å². The fourth-order valence-electron chi connectivity index (χ4n) is 8.09. The average molecular weight is 707 g/mol. The van der Waals surface area contributed by atoms with E-state index in [0.29, 0.717) is 11.8 Å². The molecular weight excluding hydrogens is 664 g/mol. The molecule has 2 aromatic heterocycles. The van der Waals surface area contributed by atoms with Crippen LogP contribution >= 0.6 is 0 Å². The zero-order chi connectivity index (χ0) is 36.4. The van der Waals surface area contributed by atoms with Gasteiger partial charge >= 0.3 is 12.2 Å². The molecule has 2 aromatic carbocycles. The number of rotatable bonds is 9. The number of piperidine rings is 2. The molecular formula is C38H42N8O6. The number of H-pyrrole nitrogens is 2. The van der Waals surface area contributed by atoms with E-state index >= 15 is 0 Å². The molecule has 0 bridgehead atoms. The number of carbonyl (C=O) groups excluding carboxylic acids is 3. The molecule has 2 saturated carbocycles. The molecule has 8 atom stereocenters. The third kappa shape index (κ3) is 5.95. The van der Waals surface area contributed by atoms with Crippen molar-refractivity contribution in [3.8, 4) is 33.6 Å². The first-order valence-electron chi connectivity index (χ1n) is 17.8. The van der Waals surface area contributed by atoms with E-state index < -0.39 is 24.3 Å². The standard InChI is InChI=1S/C38H42N8O6/c1-19(41-37(49)52-4)35(47)45-29-13-25(29)15-31(45)33-39-17-27(42-33)23-9-5-21(6-10-23)22-7-11-24(12-8-22)28-18-40-34(43-28)32-16-26-14-30(26)46(32)36(48)20(2)44(3)38(50)51/h5-12,17-20,25-26,29-32H,13-16H2,1-4H3,(H,39,42)(H,40,43)(H,41,49)(H,50,51)/t19-,20-,25-,26-,29-,30-,31-,32-/m0/s1. The quantitative estimate of drug-likeness (QED) is 0.184. The smallest absolute Gasteiger partial charge is 0.407 e. The lowest BCUT2D eigenvalue weighted by Crippen LogP contribution is -2.48. The second-order valence-corrected chi connectivity index (χ2v) is 14.6. The fraction of sp³-hybridized carbons (Fsp3) is 0.421. The Labute approximate surface area is 300 Å². The summed E-state index contributed by atoms with van der Waals surface area (Å²) >= 11 is 0. The van der Waals surface area contributed by atoms with Crippen LogP contribution in [0.15, 0.2) is 60.9 Å². The summed E-state index contributed by atoms with van der Waals surface area (Å²) in [4.78, 5) is 70.9. The highest BCUT2D eigenvalue weighted by atomic mass is 16.5. The van der Waals surface area contributed by atoms with E-state index in [9.17, 15) is 24.3 Å². The summed E-state index contributed by atoms with van der Waals surface area (Å²) in [6, 6.07) is 14.9. The van der Waals surface area contributed by atoms with E-state index in [1.807, 2.05) is 34.1 Å². The molecule has 2 aliphatic heterocycles. The summed E-state index contributed by atoms with van der Waals surface area (Å²) in [6.07, 6.45) is 5.42. The van der Waals surface area contributed by atoms with Crippen LogP contribution in [0.4, 0.5) is 9.59 Å². The molecule has 52 heavy (non-hydrogen) atoms. The van der Waals surface area contributed by atoms with E-state index in [0.717, 1.165) is 75.9 Å². The van der Waals surface area contributed by atoms with Gasteiger partial charge in [0, 0.05) is 19.1 Å². The lowest BCUT2D eigenvalue weighted by Gasteiger charge is -2.31. The lowest BCUT2D eigenvalue weighted by molar-refractivity contribution is -0.137. The molecule has 2 saturated heterocycles. The maximum absolute atomic E-state index is 13.4. The van der Waals surface area contributed by atoms with Crippen molar-refractivity contribution in [2.75, 3.05) is 14.2 Å². The van der Waals surface area contributed by atoms with E-state index in [-0.39, 0.29) is 36.0 Å². The van der Waals surface area contributed by atoms with Crippen LogP contribution in [0, 0.1) is 11.8 Å². The number of amides is 4. The van der Waals surface area contributed by atoms with Crippen LogP contribution in [0.1, 0.15) is 63.3 Å². The van der Waals surface area contributed by atoms with Crippen molar-refractivity contribution >= 4 is 24.0 Å². The molecule has 0 unspecified atom stereocenters. The number of aromatic amines is 2. The predicted molar refractivity (Wildman–Crippen MR) is 189 cm³/mol. The Morgan fingerprint density at radius 1 is 0.769 bits per heavy atom. The van der Waals surface area contributed by atoms with Crippen LogP contribution in [0.5, 0.6) is 0 Å². The van der Waals surface area contributed by atoms with Crippen molar-refractivity contribution in [3.63, 3.8) is 0 Å². The highest BCUT2D eigenvalue weighted by Gasteiger charge is 2.57. The molecule has 0 spiro atoms. The van der Waals surface area contributed by atoms with Crippen molar-refractivity contribution in [1.29, 1.82) is 0 Å². The van der Waals surface area contributed by atoms with Crippen molar-refractivity contribution < 1.29 is 29.0 Å². The zero-order valence-electron chi connectivity index (χ0n) is 29.4. The number of aromatic nitrogens is 4. The number of alkyl carbamates (subject to hydrolysis) is 1. The van der Waals surface area contributed by atoms with Crippen molar-refractivity contribution in [2.45, 2.75) is 75.8 Å². The first kappa shape index (κ1) is 33.5. The van der Waals surface area contributed by atoms with Crippen LogP contribution in [-0.4, -0.2) is 102 Å². The van der Waals surface area contributed by atoms with Crippen LogP contribution in [0.2, 0.25) is 0 Å². The highest BCUT2D eigenvalue weighted by Crippen LogP contribution is 2.54. The number of hydrogen-bond acceptors (Lipinski definition) is 7. The van der Waals surface area contributed by atoms with E-state index in [2.05, 4.69) is 54.3 Å². The van der Waals surface area contributed by atoms with Crippen LogP contribution in [-0.2, 0) is 14.3 Å². The summed E-state index contributed by atoms with van der Waals surface area (Å²) in [6.45, 7) is 3.31. The molecule has 4 fully saturated rings. The van der Waals surface area contributed by atoms with Crippen molar-refractivity contribution in [3.05, 3.63) is 72.6 Å². The second-order valence-electron chi connectivity index (χ2n) is 14.6. The molecule has 8 rings (SSSR count). The summed E-state index contributed by atoms with van der Waals surface area (Å²) < 4.78 is 4.67. The summed E-state index contributed by atoms with van der Waals surface area (Å²) in [7, 11) is 2.70. The normalized spacial score (nSPS) is 25.2. The Kier molecular flexibility index (Phi) is 8.26. The number of methoxy groups -OCH3 is 1. The van der Waals surface area contributed by atoms with Crippen LogP contribution in [0.3, 0.4) is 0 Å². The van der Waals surface area contributed by atoms with Gasteiger partial charge in [-0.1, -0.05) is 48.5 Å². The fourth-order valence-corrected chi connectivity index (χ4v) is 8.09. The maximum Gasteiger partial charge on any atom is 0.407 e. The maximum atomic E-state index is 13.4. The molecule has 2 aliphatic carbocycles. The predicted octanol–water partition coefficient (Wildman–Crippen LogP) is 5.20. The monoisotopic (exact) mass is 706 g/mol. The molecule has 14 nitrogen and oxygen atoms in total. The summed E-state index contributed by atoms with van der Waals surface area (Å²) in [5, 5.41) is 12.0. The van der Waals surface area contributed by atoms with Crippen LogP contribution < -0.4 is 5.32 Å². The average Bonchev–Trinajstić information content (AvgIpc) is 3.75. The Morgan fingerprint density at radius 3 is 1.65 bits per heavy atom. The van der Waals surface area contributed by atoms with E-state index in [4.69, 9.17) is 0 Å². The number of nitrogens with one attached hydrogen (secondary N) is 3. The van der Waals surface area contributed by atoms with Gasteiger partial charge in [-0.25, -0.2) is 19.6 Å².